The van der Waals surface area contributed by atoms with Crippen LogP contribution in [0.5, 0.6) is 5.75 Å². The Labute approximate surface area is 88.3 Å². The van der Waals surface area contributed by atoms with Crippen molar-refractivity contribution >= 4 is 9.84 Å². The summed E-state index contributed by atoms with van der Waals surface area (Å²) >= 11 is 0. The first-order valence-electron chi connectivity index (χ1n) is 4.88. The molecule has 1 saturated heterocycles. The van der Waals surface area contributed by atoms with Crippen LogP contribution in [-0.2, 0) is 9.84 Å². The third kappa shape index (κ3) is 2.95. The Hall–Kier alpha value is -1.04. The van der Waals surface area contributed by atoms with Crippen LogP contribution in [0, 0.1) is 5.92 Å². The van der Waals surface area contributed by atoms with Gasteiger partial charge in [0.1, 0.15) is 16.0 Å². The normalized spacial score (nSPS) is 21.3. The zero-order valence-electron chi connectivity index (χ0n) is 8.26. The smallest absolute Gasteiger partial charge is 0.178 e. The predicted octanol–water partition coefficient (Wildman–Crippen LogP) is 0.878. The number of sulfone groups is 1. The monoisotopic (exact) mass is 231 g/mol. The van der Waals surface area contributed by atoms with Crippen LogP contribution >= 0.6 is 0 Å². The molecule has 1 aliphatic rings. The van der Waals surface area contributed by atoms with Crippen molar-refractivity contribution in [3.05, 3.63) is 12.5 Å². The summed E-state index contributed by atoms with van der Waals surface area (Å²) in [7, 11) is -2.77. The Kier molecular flexibility index (Phi) is 2.95. The lowest BCUT2D eigenvalue weighted by molar-refractivity contribution is 0.236. The lowest BCUT2D eigenvalue weighted by Gasteiger charge is -2.21. The Balaban J connectivity index is 1.78. The molecule has 2 rings (SSSR count). The number of hydrogen-bond acceptors (Lipinski definition) is 5. The molecule has 2 heterocycles. The van der Waals surface area contributed by atoms with Gasteiger partial charge in [0.2, 0.25) is 0 Å². The van der Waals surface area contributed by atoms with E-state index in [1.807, 2.05) is 0 Å². The molecule has 0 radical (unpaired) electrons. The summed E-state index contributed by atoms with van der Waals surface area (Å²) in [6.45, 7) is 0.538. The topological polar surface area (TPSA) is 69.4 Å². The summed E-state index contributed by atoms with van der Waals surface area (Å²) in [5.74, 6) is 1.49. The average molecular weight is 231 g/mol. The third-order valence-electron chi connectivity index (χ3n) is 2.57. The van der Waals surface area contributed by atoms with E-state index in [0.29, 0.717) is 31.1 Å². The first kappa shape index (κ1) is 10.5. The third-order valence-corrected chi connectivity index (χ3v) is 4.28. The summed E-state index contributed by atoms with van der Waals surface area (Å²) < 4.78 is 32.3. The van der Waals surface area contributed by atoms with E-state index in [1.54, 1.807) is 0 Å². The first-order valence-corrected chi connectivity index (χ1v) is 6.70. The van der Waals surface area contributed by atoms with Crippen molar-refractivity contribution in [1.29, 1.82) is 0 Å². The standard InChI is InChI=1S/C9H13NO4S/c11-15(12)3-1-8(2-4-15)6-13-9-5-10-14-7-9/h5,7-8H,1-4,6H2. The van der Waals surface area contributed by atoms with Crippen LogP contribution in [0.15, 0.2) is 17.0 Å². The van der Waals surface area contributed by atoms with Crippen LogP contribution in [0.25, 0.3) is 0 Å². The second-order valence-electron chi connectivity index (χ2n) is 3.77. The number of rotatable bonds is 3. The molecule has 0 aromatic carbocycles. The van der Waals surface area contributed by atoms with Crippen LogP contribution < -0.4 is 4.74 Å². The van der Waals surface area contributed by atoms with Crippen molar-refractivity contribution in [1.82, 2.24) is 5.16 Å². The van der Waals surface area contributed by atoms with Gasteiger partial charge in [-0.1, -0.05) is 5.16 Å². The van der Waals surface area contributed by atoms with Crippen LogP contribution in [0.2, 0.25) is 0 Å². The molecule has 0 saturated carbocycles. The second kappa shape index (κ2) is 4.22. The number of aromatic nitrogens is 1. The van der Waals surface area contributed by atoms with Gasteiger partial charge in [0.25, 0.3) is 0 Å². The fourth-order valence-electron chi connectivity index (χ4n) is 1.59. The van der Waals surface area contributed by atoms with Crippen molar-refractivity contribution in [2.24, 2.45) is 5.92 Å². The quantitative estimate of drug-likeness (QED) is 0.772. The molecule has 1 aliphatic heterocycles. The molecule has 5 nitrogen and oxygen atoms in total. The molecule has 6 heteroatoms. The molecule has 0 amide bonds. The van der Waals surface area contributed by atoms with Gasteiger partial charge in [-0.3, -0.25) is 0 Å². The van der Waals surface area contributed by atoms with Gasteiger partial charge < -0.3 is 9.26 Å². The highest BCUT2D eigenvalue weighted by Gasteiger charge is 2.23. The Morgan fingerprint density at radius 2 is 2.20 bits per heavy atom. The Bertz CT molecular complexity index is 384. The van der Waals surface area contributed by atoms with Gasteiger partial charge >= 0.3 is 0 Å². The van der Waals surface area contributed by atoms with Gasteiger partial charge in [-0.25, -0.2) is 8.42 Å². The van der Waals surface area contributed by atoms with Gasteiger partial charge in [0, 0.05) is 0 Å². The van der Waals surface area contributed by atoms with E-state index in [-0.39, 0.29) is 11.5 Å². The second-order valence-corrected chi connectivity index (χ2v) is 6.07. The lowest BCUT2D eigenvalue weighted by atomic mass is 10.0. The summed E-state index contributed by atoms with van der Waals surface area (Å²) in [4.78, 5) is 0. The van der Waals surface area contributed by atoms with Crippen molar-refractivity contribution in [3.63, 3.8) is 0 Å². The zero-order chi connectivity index (χ0) is 10.7. The van der Waals surface area contributed by atoms with Crippen LogP contribution in [-0.4, -0.2) is 31.7 Å². The molecule has 0 unspecified atom stereocenters. The van der Waals surface area contributed by atoms with Crippen molar-refractivity contribution in [2.75, 3.05) is 18.1 Å². The molecule has 0 N–H and O–H groups in total. The van der Waals surface area contributed by atoms with Gasteiger partial charge in [0.05, 0.1) is 18.1 Å². The highest BCUT2D eigenvalue weighted by Crippen LogP contribution is 2.20. The van der Waals surface area contributed by atoms with E-state index < -0.39 is 9.84 Å². The average Bonchev–Trinajstić information content (AvgIpc) is 2.69. The lowest BCUT2D eigenvalue weighted by Crippen LogP contribution is -2.26. The fourth-order valence-corrected chi connectivity index (χ4v) is 3.18. The fraction of sp³-hybridized carbons (Fsp3) is 0.667. The summed E-state index contributed by atoms with van der Waals surface area (Å²) in [6, 6.07) is 0. The van der Waals surface area contributed by atoms with E-state index >= 15 is 0 Å². The minimum absolute atomic E-state index is 0.282. The molecular formula is C9H13NO4S. The molecule has 1 fully saturated rings. The van der Waals surface area contributed by atoms with Crippen molar-refractivity contribution < 1.29 is 17.7 Å². The minimum atomic E-state index is -2.77. The molecule has 1 aromatic heterocycles. The van der Waals surface area contributed by atoms with E-state index in [2.05, 4.69) is 9.68 Å². The first-order chi connectivity index (χ1) is 7.16. The summed E-state index contributed by atoms with van der Waals surface area (Å²) in [5, 5.41) is 3.51. The van der Waals surface area contributed by atoms with Crippen LogP contribution in [0.1, 0.15) is 12.8 Å². The highest BCUT2D eigenvalue weighted by molar-refractivity contribution is 7.91. The molecule has 84 valence electrons. The molecule has 0 atom stereocenters. The van der Waals surface area contributed by atoms with E-state index in [0.717, 1.165) is 0 Å². The minimum Gasteiger partial charge on any atom is -0.488 e. The van der Waals surface area contributed by atoms with E-state index in [9.17, 15) is 8.42 Å². The number of hydrogen-bond donors (Lipinski definition) is 0. The van der Waals surface area contributed by atoms with Gasteiger partial charge in [-0.2, -0.15) is 0 Å². The largest absolute Gasteiger partial charge is 0.488 e. The maximum atomic E-state index is 11.2. The molecule has 0 aliphatic carbocycles. The van der Waals surface area contributed by atoms with Gasteiger partial charge in [-0.15, -0.1) is 0 Å². The van der Waals surface area contributed by atoms with Crippen LogP contribution in [0.4, 0.5) is 0 Å². The highest BCUT2D eigenvalue weighted by atomic mass is 32.2. The molecule has 0 spiro atoms. The Morgan fingerprint density at radius 3 is 2.80 bits per heavy atom. The van der Waals surface area contributed by atoms with Crippen molar-refractivity contribution in [2.45, 2.75) is 12.8 Å². The predicted molar refractivity (Wildman–Crippen MR) is 53.4 cm³/mol. The molecular weight excluding hydrogens is 218 g/mol. The van der Waals surface area contributed by atoms with Gasteiger partial charge in [0.15, 0.2) is 12.0 Å². The maximum Gasteiger partial charge on any atom is 0.178 e. The molecule has 15 heavy (non-hydrogen) atoms. The molecule has 0 bridgehead atoms. The Morgan fingerprint density at radius 1 is 1.47 bits per heavy atom. The maximum absolute atomic E-state index is 11.2. The summed E-state index contributed by atoms with van der Waals surface area (Å²) in [5.41, 5.74) is 0. The van der Waals surface area contributed by atoms with Crippen molar-refractivity contribution in [3.8, 4) is 5.75 Å². The summed E-state index contributed by atoms with van der Waals surface area (Å²) in [6.07, 6.45) is 4.31. The van der Waals surface area contributed by atoms with Gasteiger partial charge in [-0.05, 0) is 18.8 Å². The zero-order valence-corrected chi connectivity index (χ0v) is 9.07. The number of ether oxygens (including phenoxy) is 1. The van der Waals surface area contributed by atoms with E-state index in [4.69, 9.17) is 4.74 Å². The van der Waals surface area contributed by atoms with Crippen LogP contribution in [0.3, 0.4) is 0 Å². The number of nitrogens with zero attached hydrogens (tertiary/aromatic N) is 1. The SMILES string of the molecule is O=S1(=O)CCC(COc2cnoc2)CC1. The van der Waals surface area contributed by atoms with E-state index in [1.165, 1.54) is 12.5 Å². The molecule has 1 aromatic rings.